The van der Waals surface area contributed by atoms with Gasteiger partial charge in [0.2, 0.25) is 0 Å². The Morgan fingerprint density at radius 2 is 2.00 bits per heavy atom. The van der Waals surface area contributed by atoms with Crippen LogP contribution in [0.25, 0.3) is 0 Å². The molecular formula is C13H20N4O3. The Labute approximate surface area is 117 Å². The monoisotopic (exact) mass is 280 g/mol. The van der Waals surface area contributed by atoms with Gasteiger partial charge in [0, 0.05) is 24.7 Å². The fourth-order valence-corrected chi connectivity index (χ4v) is 2.31. The second-order valence-electron chi connectivity index (χ2n) is 6.05. The van der Waals surface area contributed by atoms with Crippen LogP contribution in [0.5, 0.6) is 0 Å². The maximum absolute atomic E-state index is 12.1. The number of amides is 2. The number of carbonyl (C=O) groups is 2. The van der Waals surface area contributed by atoms with Crippen LogP contribution in [0.2, 0.25) is 0 Å². The van der Waals surface area contributed by atoms with Crippen molar-refractivity contribution in [2.45, 2.75) is 39.3 Å². The molecule has 1 aliphatic heterocycles. The highest BCUT2D eigenvalue weighted by molar-refractivity contribution is 5.87. The lowest BCUT2D eigenvalue weighted by Gasteiger charge is -2.31. The van der Waals surface area contributed by atoms with Gasteiger partial charge in [0.1, 0.15) is 0 Å². The maximum Gasteiger partial charge on any atom is 0.356 e. The number of hydrogen-bond acceptors (Lipinski definition) is 3. The Morgan fingerprint density at radius 1 is 1.35 bits per heavy atom. The van der Waals surface area contributed by atoms with Gasteiger partial charge in [-0.25, -0.2) is 9.59 Å². The first kappa shape index (κ1) is 14.4. The normalized spacial score (nSPS) is 14.9. The predicted molar refractivity (Wildman–Crippen MR) is 72.6 cm³/mol. The van der Waals surface area contributed by atoms with Gasteiger partial charge in [-0.05, 0) is 27.2 Å². The molecule has 20 heavy (non-hydrogen) atoms. The minimum absolute atomic E-state index is 0.0957. The van der Waals surface area contributed by atoms with E-state index in [0.29, 0.717) is 19.5 Å². The number of carboxylic acid groups (broad SMARTS) is 1. The van der Waals surface area contributed by atoms with Crippen molar-refractivity contribution < 1.29 is 14.7 Å². The molecule has 1 aromatic heterocycles. The summed E-state index contributed by atoms with van der Waals surface area (Å²) in [5.74, 6) is -1.02. The third kappa shape index (κ3) is 2.76. The zero-order chi connectivity index (χ0) is 15.1. The summed E-state index contributed by atoms with van der Waals surface area (Å²) in [6.45, 7) is 6.65. The molecule has 0 fully saturated rings. The zero-order valence-corrected chi connectivity index (χ0v) is 12.2. The second kappa shape index (κ2) is 4.81. The van der Waals surface area contributed by atoms with E-state index in [0.717, 1.165) is 11.3 Å². The van der Waals surface area contributed by atoms with E-state index in [9.17, 15) is 9.59 Å². The number of carboxylic acids is 1. The molecule has 2 rings (SSSR count). The van der Waals surface area contributed by atoms with Crippen molar-refractivity contribution in [3.05, 3.63) is 17.0 Å². The van der Waals surface area contributed by atoms with Gasteiger partial charge in [-0.3, -0.25) is 4.68 Å². The summed E-state index contributed by atoms with van der Waals surface area (Å²) in [5, 5.41) is 16.0. The number of aromatic carboxylic acids is 1. The molecule has 110 valence electrons. The lowest BCUT2D eigenvalue weighted by Crippen LogP contribution is -2.50. The first-order chi connectivity index (χ1) is 9.19. The lowest BCUT2D eigenvalue weighted by molar-refractivity contribution is 0.0688. The van der Waals surface area contributed by atoms with Gasteiger partial charge in [0.25, 0.3) is 0 Å². The van der Waals surface area contributed by atoms with Crippen molar-refractivity contribution in [3.8, 4) is 0 Å². The molecule has 0 radical (unpaired) electrons. The molecule has 0 aromatic carbocycles. The molecular weight excluding hydrogens is 260 g/mol. The molecule has 0 spiro atoms. The van der Waals surface area contributed by atoms with Crippen LogP contribution in [0.15, 0.2) is 0 Å². The summed E-state index contributed by atoms with van der Waals surface area (Å²) in [6.07, 6.45) is 0.516. The first-order valence-corrected chi connectivity index (χ1v) is 6.54. The van der Waals surface area contributed by atoms with E-state index in [2.05, 4.69) is 10.4 Å². The van der Waals surface area contributed by atoms with E-state index in [4.69, 9.17) is 5.11 Å². The molecule has 0 atom stereocenters. The zero-order valence-electron chi connectivity index (χ0n) is 12.2. The number of nitrogens with one attached hydrogen (secondary N) is 1. The van der Waals surface area contributed by atoms with Crippen LogP contribution in [0.4, 0.5) is 4.79 Å². The van der Waals surface area contributed by atoms with Crippen LogP contribution in [0.1, 0.15) is 42.5 Å². The van der Waals surface area contributed by atoms with Gasteiger partial charge in [0.15, 0.2) is 5.69 Å². The van der Waals surface area contributed by atoms with Crippen LogP contribution in [-0.2, 0) is 20.0 Å². The molecule has 0 unspecified atom stereocenters. The molecule has 2 amide bonds. The van der Waals surface area contributed by atoms with Crippen LogP contribution in [-0.4, -0.2) is 43.9 Å². The molecule has 1 aromatic rings. The summed E-state index contributed by atoms with van der Waals surface area (Å²) in [4.78, 5) is 24.9. The number of hydrogen-bond donors (Lipinski definition) is 2. The van der Waals surface area contributed by atoms with Gasteiger partial charge in [-0.2, -0.15) is 5.10 Å². The lowest BCUT2D eigenvalue weighted by atomic mass is 10.0. The van der Waals surface area contributed by atoms with Crippen molar-refractivity contribution in [2.75, 3.05) is 6.54 Å². The number of aryl methyl sites for hydroxylation is 1. The van der Waals surface area contributed by atoms with E-state index >= 15 is 0 Å². The number of nitrogens with zero attached hydrogens (tertiary/aromatic N) is 3. The Morgan fingerprint density at radius 3 is 2.55 bits per heavy atom. The van der Waals surface area contributed by atoms with Gasteiger partial charge >= 0.3 is 12.0 Å². The average Bonchev–Trinajstić information content (AvgIpc) is 2.64. The highest BCUT2D eigenvalue weighted by Crippen LogP contribution is 2.22. The van der Waals surface area contributed by atoms with Crippen LogP contribution < -0.4 is 5.32 Å². The second-order valence-corrected chi connectivity index (χ2v) is 6.05. The molecule has 2 N–H and O–H groups in total. The molecule has 0 saturated carbocycles. The SMILES string of the molecule is Cn1nc(C(=O)O)c2c1CN(C(=O)NC(C)(C)C)CC2. The van der Waals surface area contributed by atoms with Gasteiger partial charge in [-0.15, -0.1) is 0 Å². The molecule has 2 heterocycles. The fraction of sp³-hybridized carbons (Fsp3) is 0.615. The Balaban J connectivity index is 2.20. The molecule has 0 aliphatic carbocycles. The summed E-state index contributed by atoms with van der Waals surface area (Å²) >= 11 is 0. The minimum atomic E-state index is -1.02. The van der Waals surface area contributed by atoms with Gasteiger partial charge in [0.05, 0.1) is 12.2 Å². The van der Waals surface area contributed by atoms with E-state index in [1.807, 2.05) is 20.8 Å². The largest absolute Gasteiger partial charge is 0.476 e. The Hall–Kier alpha value is -2.05. The van der Waals surface area contributed by atoms with Crippen molar-refractivity contribution in [1.82, 2.24) is 20.0 Å². The van der Waals surface area contributed by atoms with Crippen LogP contribution in [0, 0.1) is 0 Å². The van der Waals surface area contributed by atoms with Gasteiger partial charge in [-0.1, -0.05) is 0 Å². The predicted octanol–water partition coefficient (Wildman–Crippen LogP) is 0.984. The number of fused-ring (bicyclic) bond motifs is 1. The first-order valence-electron chi connectivity index (χ1n) is 6.54. The van der Waals surface area contributed by atoms with Crippen LogP contribution in [0.3, 0.4) is 0 Å². The number of carbonyl (C=O) groups excluding carboxylic acids is 1. The highest BCUT2D eigenvalue weighted by Gasteiger charge is 2.29. The van der Waals surface area contributed by atoms with E-state index in [1.165, 1.54) is 0 Å². The van der Waals surface area contributed by atoms with Crippen molar-refractivity contribution >= 4 is 12.0 Å². The fourth-order valence-electron chi connectivity index (χ4n) is 2.31. The van der Waals surface area contributed by atoms with E-state index < -0.39 is 5.97 Å². The molecule has 1 aliphatic rings. The quantitative estimate of drug-likeness (QED) is 0.803. The molecule has 7 nitrogen and oxygen atoms in total. The summed E-state index contributed by atoms with van der Waals surface area (Å²) < 4.78 is 1.55. The maximum atomic E-state index is 12.1. The topological polar surface area (TPSA) is 87.5 Å². The molecule has 0 saturated heterocycles. The van der Waals surface area contributed by atoms with Crippen molar-refractivity contribution in [2.24, 2.45) is 7.05 Å². The Kier molecular flexibility index (Phi) is 3.45. The van der Waals surface area contributed by atoms with Crippen molar-refractivity contribution in [3.63, 3.8) is 0 Å². The number of urea groups is 1. The number of rotatable bonds is 1. The standard InChI is InChI=1S/C13H20N4O3/c1-13(2,3)14-12(20)17-6-5-8-9(7-17)16(4)15-10(8)11(18)19/h5-7H2,1-4H3,(H,14,20)(H,18,19). The average molecular weight is 280 g/mol. The molecule has 0 bridgehead atoms. The highest BCUT2D eigenvalue weighted by atomic mass is 16.4. The molecule has 7 heteroatoms. The smallest absolute Gasteiger partial charge is 0.356 e. The Bertz CT molecular complexity index is 557. The summed E-state index contributed by atoms with van der Waals surface area (Å²) in [6, 6.07) is -0.138. The summed E-state index contributed by atoms with van der Waals surface area (Å²) in [5.41, 5.74) is 1.33. The third-order valence-corrected chi connectivity index (χ3v) is 3.22. The third-order valence-electron chi connectivity index (χ3n) is 3.22. The number of aromatic nitrogens is 2. The minimum Gasteiger partial charge on any atom is -0.476 e. The van der Waals surface area contributed by atoms with Gasteiger partial charge < -0.3 is 15.3 Å². The van der Waals surface area contributed by atoms with E-state index in [1.54, 1.807) is 16.6 Å². The van der Waals surface area contributed by atoms with Crippen LogP contribution >= 0.6 is 0 Å². The van der Waals surface area contributed by atoms with E-state index in [-0.39, 0.29) is 17.3 Å². The van der Waals surface area contributed by atoms with Crippen molar-refractivity contribution in [1.29, 1.82) is 0 Å². The summed E-state index contributed by atoms with van der Waals surface area (Å²) in [7, 11) is 1.70.